The zero-order valence-corrected chi connectivity index (χ0v) is 24.7. The second-order valence-corrected chi connectivity index (χ2v) is 9.84. The van der Waals surface area contributed by atoms with Crippen molar-refractivity contribution in [3.05, 3.63) is 52.0 Å². The van der Waals surface area contributed by atoms with Crippen LogP contribution in [0.3, 0.4) is 0 Å². The lowest BCUT2D eigenvalue weighted by Gasteiger charge is -2.44. The van der Waals surface area contributed by atoms with Crippen molar-refractivity contribution in [3.63, 3.8) is 0 Å². The van der Waals surface area contributed by atoms with E-state index in [4.69, 9.17) is 56.4 Å². The number of ether oxygens (including phenoxy) is 7. The van der Waals surface area contributed by atoms with E-state index in [-0.39, 0.29) is 15.8 Å². The monoisotopic (exact) mass is 626 g/mol. The standard InChI is InChI=1S/C28H28Cl2O12/c1-13(31)37-12-22-24(38-14(2)32)25(39-15(3)33)26(40-16(4)34)28(41-22)42-23-20(29)10-19(11-21(23)30)17-6-8-18(9-7-17)27(35)36-5/h6-11,22,24-26,28H,12H2,1-5H3/t22-,24-,25+,26+,28+/m1/s1. The van der Waals surface area contributed by atoms with E-state index in [0.717, 1.165) is 27.7 Å². The lowest BCUT2D eigenvalue weighted by Crippen LogP contribution is -2.63. The fourth-order valence-corrected chi connectivity index (χ4v) is 4.73. The van der Waals surface area contributed by atoms with Crippen LogP contribution in [0.4, 0.5) is 0 Å². The highest BCUT2D eigenvalue weighted by Crippen LogP contribution is 2.40. The molecule has 0 aliphatic carbocycles. The van der Waals surface area contributed by atoms with Gasteiger partial charge in [-0.1, -0.05) is 35.3 Å². The molecule has 0 bridgehead atoms. The van der Waals surface area contributed by atoms with Gasteiger partial charge in [0.05, 0.1) is 22.7 Å². The van der Waals surface area contributed by atoms with Crippen molar-refractivity contribution in [1.29, 1.82) is 0 Å². The highest BCUT2D eigenvalue weighted by molar-refractivity contribution is 6.37. The number of halogens is 2. The van der Waals surface area contributed by atoms with E-state index in [1.54, 1.807) is 36.4 Å². The van der Waals surface area contributed by atoms with E-state index >= 15 is 0 Å². The number of esters is 5. The normalized spacial score (nSPS) is 21.5. The summed E-state index contributed by atoms with van der Waals surface area (Å²) in [5.74, 6) is -3.58. The number of carbonyl (C=O) groups is 5. The predicted molar refractivity (Wildman–Crippen MR) is 146 cm³/mol. The Labute approximate surface area is 251 Å². The summed E-state index contributed by atoms with van der Waals surface area (Å²) in [5.41, 5.74) is 1.60. The van der Waals surface area contributed by atoms with Gasteiger partial charge in [0.25, 0.3) is 0 Å². The fraction of sp³-hybridized carbons (Fsp3) is 0.393. The number of methoxy groups -OCH3 is 1. The number of benzene rings is 2. The molecule has 0 radical (unpaired) electrons. The van der Waals surface area contributed by atoms with Crippen molar-refractivity contribution in [2.75, 3.05) is 13.7 Å². The van der Waals surface area contributed by atoms with E-state index in [2.05, 4.69) is 0 Å². The second-order valence-electron chi connectivity index (χ2n) is 9.02. The maximum Gasteiger partial charge on any atom is 0.337 e. The van der Waals surface area contributed by atoms with Crippen LogP contribution in [-0.2, 0) is 47.6 Å². The van der Waals surface area contributed by atoms with Crippen LogP contribution in [-0.4, -0.2) is 74.3 Å². The molecule has 2 aromatic carbocycles. The average Bonchev–Trinajstić information content (AvgIpc) is 2.91. The Morgan fingerprint density at radius 3 is 1.76 bits per heavy atom. The van der Waals surface area contributed by atoms with Crippen molar-refractivity contribution < 1.29 is 57.1 Å². The molecule has 0 unspecified atom stereocenters. The second kappa shape index (κ2) is 14.3. The van der Waals surface area contributed by atoms with E-state index in [1.807, 2.05) is 0 Å². The lowest BCUT2D eigenvalue weighted by atomic mass is 9.98. The molecule has 1 saturated heterocycles. The Morgan fingerprint density at radius 2 is 1.26 bits per heavy atom. The van der Waals surface area contributed by atoms with Gasteiger partial charge in [0.15, 0.2) is 18.0 Å². The minimum atomic E-state index is -1.52. The summed E-state index contributed by atoms with van der Waals surface area (Å²) in [6.07, 6.45) is -6.99. The summed E-state index contributed by atoms with van der Waals surface area (Å²) in [7, 11) is 1.28. The van der Waals surface area contributed by atoms with Crippen LogP contribution in [0.15, 0.2) is 36.4 Å². The van der Waals surface area contributed by atoms with Crippen molar-refractivity contribution >= 4 is 53.0 Å². The lowest BCUT2D eigenvalue weighted by molar-refractivity contribution is -0.288. The molecule has 1 aliphatic heterocycles. The maximum atomic E-state index is 12.1. The van der Waals surface area contributed by atoms with Gasteiger partial charge in [-0.25, -0.2) is 4.79 Å². The highest BCUT2D eigenvalue weighted by Gasteiger charge is 2.53. The molecule has 1 fully saturated rings. The molecular weight excluding hydrogens is 599 g/mol. The fourth-order valence-electron chi connectivity index (χ4n) is 4.16. The Kier molecular flexibility index (Phi) is 11.1. The number of hydrogen-bond acceptors (Lipinski definition) is 12. The summed E-state index contributed by atoms with van der Waals surface area (Å²) in [4.78, 5) is 59.3. The van der Waals surface area contributed by atoms with Crippen LogP contribution >= 0.6 is 23.2 Å². The predicted octanol–water partition coefficient (Wildman–Crippen LogP) is 3.91. The molecule has 0 aromatic heterocycles. The molecule has 1 aliphatic rings. The highest BCUT2D eigenvalue weighted by atomic mass is 35.5. The van der Waals surface area contributed by atoms with Gasteiger partial charge in [-0.05, 0) is 35.4 Å². The summed E-state index contributed by atoms with van der Waals surface area (Å²) in [6, 6.07) is 9.58. The van der Waals surface area contributed by atoms with Gasteiger partial charge in [0.2, 0.25) is 12.4 Å². The molecule has 0 amide bonds. The van der Waals surface area contributed by atoms with Gasteiger partial charge in [-0.2, -0.15) is 0 Å². The number of hydrogen-bond donors (Lipinski definition) is 0. The minimum absolute atomic E-state index is 0.0300. The van der Waals surface area contributed by atoms with Crippen LogP contribution < -0.4 is 4.74 Å². The zero-order valence-electron chi connectivity index (χ0n) is 23.2. The Morgan fingerprint density at radius 1 is 0.738 bits per heavy atom. The third-order valence-electron chi connectivity index (χ3n) is 5.82. The van der Waals surface area contributed by atoms with Gasteiger partial charge in [-0.3, -0.25) is 19.2 Å². The maximum absolute atomic E-state index is 12.1. The van der Waals surface area contributed by atoms with Crippen molar-refractivity contribution in [3.8, 4) is 16.9 Å². The van der Waals surface area contributed by atoms with Gasteiger partial charge < -0.3 is 33.2 Å². The first-order valence-corrected chi connectivity index (χ1v) is 13.2. The first-order chi connectivity index (χ1) is 19.8. The van der Waals surface area contributed by atoms with Gasteiger partial charge >= 0.3 is 29.8 Å². The molecule has 0 spiro atoms. The SMILES string of the molecule is COC(=O)c1ccc(-c2cc(Cl)c(O[C@@H]3O[C@H](COC(C)=O)[C@@H](OC(C)=O)[C@H](OC(C)=O)[C@@H]3OC(C)=O)c(Cl)c2)cc1. The minimum Gasteiger partial charge on any atom is -0.465 e. The first kappa shape index (κ1) is 32.6. The van der Waals surface area contributed by atoms with Crippen LogP contribution in [0.5, 0.6) is 5.75 Å². The van der Waals surface area contributed by atoms with Crippen LogP contribution in [0, 0.1) is 0 Å². The third-order valence-corrected chi connectivity index (χ3v) is 6.38. The molecule has 2 aromatic rings. The molecule has 1 heterocycles. The molecule has 3 rings (SSSR count). The van der Waals surface area contributed by atoms with Crippen LogP contribution in [0.2, 0.25) is 10.0 Å². The molecular formula is C28H28Cl2O12. The summed E-state index contributed by atoms with van der Waals surface area (Å²) >= 11 is 13.1. The molecule has 0 N–H and O–H groups in total. The third kappa shape index (κ3) is 8.34. The van der Waals surface area contributed by atoms with Crippen LogP contribution in [0.25, 0.3) is 11.1 Å². The smallest absolute Gasteiger partial charge is 0.337 e. The average molecular weight is 627 g/mol. The zero-order chi connectivity index (χ0) is 31.1. The number of carbonyl (C=O) groups excluding carboxylic acids is 5. The Hall–Kier alpha value is -3.87. The summed E-state index contributed by atoms with van der Waals surface area (Å²) < 4.78 is 37.9. The van der Waals surface area contributed by atoms with E-state index < -0.39 is 67.2 Å². The summed E-state index contributed by atoms with van der Waals surface area (Å²) in [5, 5.41) is 0.0600. The molecule has 14 heteroatoms. The number of rotatable bonds is 9. The van der Waals surface area contributed by atoms with E-state index in [9.17, 15) is 24.0 Å². The van der Waals surface area contributed by atoms with Crippen molar-refractivity contribution in [2.24, 2.45) is 0 Å². The van der Waals surface area contributed by atoms with Crippen molar-refractivity contribution in [1.82, 2.24) is 0 Å². The van der Waals surface area contributed by atoms with E-state index in [1.165, 1.54) is 7.11 Å². The van der Waals surface area contributed by atoms with Crippen LogP contribution in [0.1, 0.15) is 38.1 Å². The Balaban J connectivity index is 2.00. The van der Waals surface area contributed by atoms with Gasteiger partial charge in [0, 0.05) is 27.7 Å². The molecule has 226 valence electrons. The summed E-state index contributed by atoms with van der Waals surface area (Å²) in [6.45, 7) is 4.05. The quantitative estimate of drug-likeness (QED) is 0.293. The van der Waals surface area contributed by atoms with Gasteiger partial charge in [-0.15, -0.1) is 0 Å². The van der Waals surface area contributed by atoms with E-state index in [0.29, 0.717) is 16.7 Å². The Bertz CT molecular complexity index is 1320. The molecule has 12 nitrogen and oxygen atoms in total. The topological polar surface area (TPSA) is 150 Å². The van der Waals surface area contributed by atoms with Crippen molar-refractivity contribution in [2.45, 2.75) is 58.4 Å². The van der Waals surface area contributed by atoms with Gasteiger partial charge in [0.1, 0.15) is 12.7 Å². The molecule has 42 heavy (non-hydrogen) atoms. The largest absolute Gasteiger partial charge is 0.465 e. The first-order valence-electron chi connectivity index (χ1n) is 12.5. The molecule has 0 saturated carbocycles. The molecule has 5 atom stereocenters.